The molecule has 0 bridgehead atoms. The highest BCUT2D eigenvalue weighted by Gasteiger charge is 2.33. The second-order valence-electron chi connectivity index (χ2n) is 4.91. The maximum Gasteiger partial charge on any atom is 0.138 e. The van der Waals surface area contributed by atoms with Gasteiger partial charge in [0.2, 0.25) is 0 Å². The molecule has 2 aromatic rings. The molecule has 2 rings (SSSR count). The van der Waals surface area contributed by atoms with E-state index in [-0.39, 0.29) is 6.61 Å². The smallest absolute Gasteiger partial charge is 0.138 e. The molecular weight excluding hydrogens is 236 g/mol. The second-order valence-corrected chi connectivity index (χ2v) is 4.91. The molecule has 19 heavy (non-hydrogen) atoms. The van der Waals surface area contributed by atoms with Gasteiger partial charge < -0.3 is 9.84 Å². The number of methoxy groups -OCH3 is 1. The Labute approximate surface area is 114 Å². The van der Waals surface area contributed by atoms with Crippen LogP contribution in [0.1, 0.15) is 22.3 Å². The molecule has 2 heteroatoms. The van der Waals surface area contributed by atoms with Crippen molar-refractivity contribution in [3.63, 3.8) is 0 Å². The van der Waals surface area contributed by atoms with E-state index in [0.29, 0.717) is 0 Å². The highest BCUT2D eigenvalue weighted by atomic mass is 16.5. The van der Waals surface area contributed by atoms with Gasteiger partial charge in [0.15, 0.2) is 0 Å². The zero-order valence-electron chi connectivity index (χ0n) is 11.7. The molecule has 0 aromatic heterocycles. The van der Waals surface area contributed by atoms with Crippen molar-refractivity contribution in [3.05, 3.63) is 70.8 Å². The fourth-order valence-electron chi connectivity index (χ4n) is 2.44. The monoisotopic (exact) mass is 256 g/mol. The summed E-state index contributed by atoms with van der Waals surface area (Å²) < 4.78 is 5.26. The molecule has 1 unspecified atom stereocenters. The standard InChI is InChI=1S/C17H20O2/c1-13-8-7-11-16(14(13)2)17(18,12-19-3)15-9-5-4-6-10-15/h4-11,18H,12H2,1-3H3. The van der Waals surface area contributed by atoms with Crippen molar-refractivity contribution >= 4 is 0 Å². The lowest BCUT2D eigenvalue weighted by Gasteiger charge is -2.30. The van der Waals surface area contributed by atoms with E-state index >= 15 is 0 Å². The predicted octanol–water partition coefficient (Wildman–Crippen LogP) is 3.19. The van der Waals surface area contributed by atoms with E-state index in [0.717, 1.165) is 16.7 Å². The molecule has 0 saturated heterocycles. The van der Waals surface area contributed by atoms with Crippen molar-refractivity contribution in [3.8, 4) is 0 Å². The first-order chi connectivity index (χ1) is 9.09. The van der Waals surface area contributed by atoms with Gasteiger partial charge >= 0.3 is 0 Å². The molecule has 2 aromatic carbocycles. The van der Waals surface area contributed by atoms with Crippen molar-refractivity contribution < 1.29 is 9.84 Å². The van der Waals surface area contributed by atoms with Crippen molar-refractivity contribution in [2.45, 2.75) is 19.4 Å². The van der Waals surface area contributed by atoms with E-state index < -0.39 is 5.60 Å². The van der Waals surface area contributed by atoms with E-state index in [4.69, 9.17) is 4.74 Å². The Kier molecular flexibility index (Phi) is 4.03. The largest absolute Gasteiger partial charge is 0.381 e. The van der Waals surface area contributed by atoms with Crippen molar-refractivity contribution in [2.24, 2.45) is 0 Å². The number of benzene rings is 2. The Hall–Kier alpha value is -1.64. The van der Waals surface area contributed by atoms with Crippen molar-refractivity contribution in [2.75, 3.05) is 13.7 Å². The SMILES string of the molecule is COCC(O)(c1ccccc1)c1cccc(C)c1C. The van der Waals surface area contributed by atoms with Crippen LogP contribution in [0.15, 0.2) is 48.5 Å². The summed E-state index contributed by atoms with van der Waals surface area (Å²) in [6.07, 6.45) is 0. The zero-order chi connectivity index (χ0) is 13.9. The van der Waals surface area contributed by atoms with Crippen molar-refractivity contribution in [1.29, 1.82) is 0 Å². The van der Waals surface area contributed by atoms with E-state index in [9.17, 15) is 5.11 Å². The van der Waals surface area contributed by atoms with E-state index in [1.54, 1.807) is 7.11 Å². The minimum absolute atomic E-state index is 0.237. The fraction of sp³-hybridized carbons (Fsp3) is 0.294. The van der Waals surface area contributed by atoms with Crippen LogP contribution < -0.4 is 0 Å². The summed E-state index contributed by atoms with van der Waals surface area (Å²) in [6, 6.07) is 15.7. The lowest BCUT2D eigenvalue weighted by molar-refractivity contribution is -0.00374. The number of aryl methyl sites for hydroxylation is 1. The third-order valence-electron chi connectivity index (χ3n) is 3.65. The Morgan fingerprint density at radius 1 is 1.00 bits per heavy atom. The van der Waals surface area contributed by atoms with Crippen LogP contribution in [0.2, 0.25) is 0 Å². The maximum atomic E-state index is 11.1. The van der Waals surface area contributed by atoms with Gasteiger partial charge in [0.25, 0.3) is 0 Å². The summed E-state index contributed by atoms with van der Waals surface area (Å²) in [5.74, 6) is 0. The molecule has 1 N–H and O–H groups in total. The van der Waals surface area contributed by atoms with E-state index in [1.807, 2.05) is 49.4 Å². The van der Waals surface area contributed by atoms with Crippen LogP contribution in [0.5, 0.6) is 0 Å². The van der Waals surface area contributed by atoms with E-state index in [2.05, 4.69) is 13.0 Å². The van der Waals surface area contributed by atoms with Crippen LogP contribution in [0.4, 0.5) is 0 Å². The molecule has 0 spiro atoms. The Morgan fingerprint density at radius 3 is 2.32 bits per heavy atom. The van der Waals surface area contributed by atoms with Gasteiger partial charge in [0.1, 0.15) is 5.60 Å². The molecule has 0 radical (unpaired) electrons. The highest BCUT2D eigenvalue weighted by molar-refractivity contribution is 5.43. The van der Waals surface area contributed by atoms with Gasteiger partial charge in [-0.2, -0.15) is 0 Å². The van der Waals surface area contributed by atoms with Crippen LogP contribution in [-0.2, 0) is 10.3 Å². The second kappa shape index (κ2) is 5.55. The van der Waals surface area contributed by atoms with Gasteiger partial charge in [0, 0.05) is 7.11 Å². The number of hydrogen-bond acceptors (Lipinski definition) is 2. The van der Waals surface area contributed by atoms with Gasteiger partial charge in [-0.3, -0.25) is 0 Å². The molecule has 100 valence electrons. The van der Waals surface area contributed by atoms with E-state index in [1.165, 1.54) is 5.56 Å². The predicted molar refractivity (Wildman–Crippen MR) is 77.2 cm³/mol. The zero-order valence-corrected chi connectivity index (χ0v) is 11.7. The molecule has 0 heterocycles. The van der Waals surface area contributed by atoms with Crippen molar-refractivity contribution in [1.82, 2.24) is 0 Å². The number of hydrogen-bond donors (Lipinski definition) is 1. The fourth-order valence-corrected chi connectivity index (χ4v) is 2.44. The van der Waals surface area contributed by atoms with Crippen LogP contribution in [0.25, 0.3) is 0 Å². The molecule has 1 atom stereocenters. The normalized spacial score (nSPS) is 14.1. The minimum Gasteiger partial charge on any atom is -0.381 e. The lowest BCUT2D eigenvalue weighted by atomic mass is 9.83. The molecule has 0 aliphatic heterocycles. The topological polar surface area (TPSA) is 29.5 Å². The summed E-state index contributed by atoms with van der Waals surface area (Å²) >= 11 is 0. The molecule has 2 nitrogen and oxygen atoms in total. The third kappa shape index (κ3) is 2.55. The van der Waals surface area contributed by atoms with Gasteiger partial charge in [0.05, 0.1) is 6.61 Å². The summed E-state index contributed by atoms with van der Waals surface area (Å²) in [7, 11) is 1.61. The van der Waals surface area contributed by atoms with Crippen LogP contribution >= 0.6 is 0 Å². The summed E-state index contributed by atoms with van der Waals surface area (Å²) in [6.45, 7) is 4.33. The van der Waals surface area contributed by atoms with Gasteiger partial charge in [-0.25, -0.2) is 0 Å². The minimum atomic E-state index is -1.11. The first-order valence-corrected chi connectivity index (χ1v) is 6.43. The van der Waals surface area contributed by atoms with Gasteiger partial charge in [-0.1, -0.05) is 48.5 Å². The van der Waals surface area contributed by atoms with Crippen LogP contribution in [0, 0.1) is 13.8 Å². The first-order valence-electron chi connectivity index (χ1n) is 6.43. The third-order valence-corrected chi connectivity index (χ3v) is 3.65. The number of rotatable bonds is 4. The Bertz CT molecular complexity index is 548. The molecular formula is C17H20O2. The number of ether oxygens (including phenoxy) is 1. The quantitative estimate of drug-likeness (QED) is 0.910. The average molecular weight is 256 g/mol. The first kappa shape index (κ1) is 13.8. The highest BCUT2D eigenvalue weighted by Crippen LogP contribution is 2.33. The summed E-state index contributed by atoms with van der Waals surface area (Å²) in [5, 5.41) is 11.1. The molecule has 0 aliphatic carbocycles. The maximum absolute atomic E-state index is 11.1. The van der Waals surface area contributed by atoms with Gasteiger partial charge in [-0.15, -0.1) is 0 Å². The van der Waals surface area contributed by atoms with Crippen LogP contribution in [0.3, 0.4) is 0 Å². The Balaban J connectivity index is 2.60. The summed E-state index contributed by atoms with van der Waals surface area (Å²) in [5.41, 5.74) is 2.92. The molecule has 0 fully saturated rings. The summed E-state index contributed by atoms with van der Waals surface area (Å²) in [4.78, 5) is 0. The van der Waals surface area contributed by atoms with Gasteiger partial charge in [-0.05, 0) is 36.1 Å². The lowest BCUT2D eigenvalue weighted by Crippen LogP contribution is -2.33. The average Bonchev–Trinajstić information content (AvgIpc) is 2.43. The number of aliphatic hydroxyl groups is 1. The van der Waals surface area contributed by atoms with Crippen LogP contribution in [-0.4, -0.2) is 18.8 Å². The molecule has 0 amide bonds. The Morgan fingerprint density at radius 2 is 1.68 bits per heavy atom. The molecule has 0 saturated carbocycles. The molecule has 0 aliphatic rings.